The normalized spacial score (nSPS) is 14.8. The lowest BCUT2D eigenvalue weighted by Gasteiger charge is -2.28. The minimum absolute atomic E-state index is 0.277. The summed E-state index contributed by atoms with van der Waals surface area (Å²) in [6.07, 6.45) is 0. The summed E-state index contributed by atoms with van der Waals surface area (Å²) in [4.78, 5) is 0.285. The van der Waals surface area contributed by atoms with Crippen molar-refractivity contribution in [2.75, 3.05) is 6.54 Å². The lowest BCUT2D eigenvalue weighted by molar-refractivity contribution is 0.345. The molecule has 0 N–H and O–H groups in total. The number of hydrogen-bond donors (Lipinski definition) is 0. The van der Waals surface area contributed by atoms with Crippen molar-refractivity contribution < 1.29 is 12.8 Å². The molecular weight excluding hydrogens is 387 g/mol. The number of fused-ring (bicyclic) bond motifs is 3. The number of hydrogen-bond acceptors (Lipinski definition) is 2. The zero-order chi connectivity index (χ0) is 20.0. The highest BCUT2D eigenvalue weighted by Crippen LogP contribution is 2.29. The smallest absolute Gasteiger partial charge is 0.243 e. The number of halogens is 1. The van der Waals surface area contributed by atoms with Gasteiger partial charge in [-0.15, -0.1) is 0 Å². The first-order chi connectivity index (χ1) is 14.0. The molecule has 0 saturated carbocycles. The zero-order valence-corrected chi connectivity index (χ0v) is 16.4. The maximum atomic E-state index is 13.5. The number of sulfonamides is 1. The van der Waals surface area contributed by atoms with Crippen LogP contribution in [0.25, 0.3) is 22.0 Å². The molecule has 0 fully saturated rings. The summed E-state index contributed by atoms with van der Waals surface area (Å²) >= 11 is 0. The van der Waals surface area contributed by atoms with E-state index in [9.17, 15) is 12.8 Å². The molecule has 0 radical (unpaired) electrons. The van der Waals surface area contributed by atoms with Gasteiger partial charge < -0.3 is 4.57 Å². The van der Waals surface area contributed by atoms with E-state index in [2.05, 4.69) is 4.57 Å². The molecular formula is C23H19FN2O2S. The number of rotatable bonds is 3. The van der Waals surface area contributed by atoms with Gasteiger partial charge in [0.1, 0.15) is 5.82 Å². The fourth-order valence-electron chi connectivity index (χ4n) is 3.97. The second-order valence-corrected chi connectivity index (χ2v) is 9.16. The van der Waals surface area contributed by atoms with Crippen LogP contribution in [0, 0.1) is 5.82 Å². The van der Waals surface area contributed by atoms with Gasteiger partial charge in [0.15, 0.2) is 0 Å². The molecule has 6 heteroatoms. The average molecular weight is 406 g/mol. The van der Waals surface area contributed by atoms with Gasteiger partial charge in [-0.3, -0.25) is 0 Å². The van der Waals surface area contributed by atoms with E-state index in [0.29, 0.717) is 13.1 Å². The summed E-state index contributed by atoms with van der Waals surface area (Å²) in [5.74, 6) is -0.288. The van der Waals surface area contributed by atoms with Gasteiger partial charge in [-0.05, 0) is 47.5 Å². The standard InChI is InChI=1S/C23H19FN2O2S/c24-20-8-11-23-19(14-20)15-21-16-25(12-13-26(21)23)29(27,28)22-9-6-18(7-10-22)17-4-2-1-3-5-17/h1-11,14-15H,12-13,16H2. The molecule has 1 aliphatic heterocycles. The third kappa shape index (κ3) is 3.14. The van der Waals surface area contributed by atoms with Gasteiger partial charge in [0.25, 0.3) is 0 Å². The van der Waals surface area contributed by atoms with Crippen molar-refractivity contribution >= 4 is 20.9 Å². The molecule has 0 unspecified atom stereocenters. The van der Waals surface area contributed by atoms with Gasteiger partial charge in [0.05, 0.1) is 11.4 Å². The van der Waals surface area contributed by atoms with Crippen LogP contribution in [-0.2, 0) is 23.1 Å². The lowest BCUT2D eigenvalue weighted by Crippen LogP contribution is -2.37. The van der Waals surface area contributed by atoms with E-state index in [0.717, 1.165) is 27.7 Å². The first-order valence-electron chi connectivity index (χ1n) is 9.46. The summed E-state index contributed by atoms with van der Waals surface area (Å²) in [5.41, 5.74) is 3.84. The predicted octanol–water partition coefficient (Wildman–Crippen LogP) is 4.65. The van der Waals surface area contributed by atoms with Crippen LogP contribution in [0.2, 0.25) is 0 Å². The molecule has 146 valence electrons. The van der Waals surface area contributed by atoms with E-state index in [-0.39, 0.29) is 17.3 Å². The zero-order valence-electron chi connectivity index (χ0n) is 15.6. The second kappa shape index (κ2) is 6.83. The van der Waals surface area contributed by atoms with E-state index < -0.39 is 10.0 Å². The van der Waals surface area contributed by atoms with Gasteiger partial charge in [0, 0.05) is 29.7 Å². The number of benzene rings is 3. The fraction of sp³-hybridized carbons (Fsp3) is 0.130. The minimum atomic E-state index is -3.60. The third-order valence-corrected chi connectivity index (χ3v) is 7.32. The molecule has 2 heterocycles. The largest absolute Gasteiger partial charge is 0.342 e. The molecule has 1 aliphatic rings. The Bertz CT molecular complexity index is 1300. The minimum Gasteiger partial charge on any atom is -0.342 e. The van der Waals surface area contributed by atoms with E-state index in [4.69, 9.17) is 0 Å². The van der Waals surface area contributed by atoms with Crippen LogP contribution in [-0.4, -0.2) is 23.8 Å². The Balaban J connectivity index is 1.44. The molecule has 4 nitrogen and oxygen atoms in total. The Labute approximate surface area is 168 Å². The van der Waals surface area contributed by atoms with Gasteiger partial charge >= 0.3 is 0 Å². The van der Waals surface area contributed by atoms with E-state index in [1.807, 2.05) is 48.5 Å². The average Bonchev–Trinajstić information content (AvgIpc) is 3.11. The maximum Gasteiger partial charge on any atom is 0.243 e. The van der Waals surface area contributed by atoms with Gasteiger partial charge in [0.2, 0.25) is 10.0 Å². The summed E-state index contributed by atoms with van der Waals surface area (Å²) in [5, 5.41) is 0.798. The highest BCUT2D eigenvalue weighted by molar-refractivity contribution is 7.89. The van der Waals surface area contributed by atoms with Crippen LogP contribution < -0.4 is 0 Å². The summed E-state index contributed by atoms with van der Waals surface area (Å²) < 4.78 is 43.4. The molecule has 0 bridgehead atoms. The fourth-order valence-corrected chi connectivity index (χ4v) is 5.37. The Kier molecular flexibility index (Phi) is 4.26. The summed E-state index contributed by atoms with van der Waals surface area (Å²) in [7, 11) is -3.60. The van der Waals surface area contributed by atoms with Crippen molar-refractivity contribution in [3.63, 3.8) is 0 Å². The molecule has 5 rings (SSSR count). The van der Waals surface area contributed by atoms with Crippen LogP contribution in [0.15, 0.2) is 83.8 Å². The van der Waals surface area contributed by atoms with Crippen LogP contribution >= 0.6 is 0 Å². The van der Waals surface area contributed by atoms with E-state index in [1.54, 1.807) is 18.2 Å². The molecule has 0 atom stereocenters. The Morgan fingerprint density at radius 3 is 2.28 bits per heavy atom. The molecule has 0 saturated heterocycles. The highest BCUT2D eigenvalue weighted by Gasteiger charge is 2.29. The Hall–Kier alpha value is -2.96. The molecule has 29 heavy (non-hydrogen) atoms. The maximum absolute atomic E-state index is 13.5. The Morgan fingerprint density at radius 2 is 1.52 bits per heavy atom. The monoisotopic (exact) mass is 406 g/mol. The quantitative estimate of drug-likeness (QED) is 0.497. The third-order valence-electron chi connectivity index (χ3n) is 5.46. The predicted molar refractivity (Wildman–Crippen MR) is 111 cm³/mol. The Morgan fingerprint density at radius 1 is 0.793 bits per heavy atom. The molecule has 0 spiro atoms. The molecule has 1 aromatic heterocycles. The summed E-state index contributed by atoms with van der Waals surface area (Å²) in [6.45, 7) is 1.21. The van der Waals surface area contributed by atoms with Crippen molar-refractivity contribution in [3.8, 4) is 11.1 Å². The van der Waals surface area contributed by atoms with Gasteiger partial charge in [-0.25, -0.2) is 12.8 Å². The van der Waals surface area contributed by atoms with Crippen molar-refractivity contribution in [2.24, 2.45) is 0 Å². The van der Waals surface area contributed by atoms with Crippen LogP contribution in [0.1, 0.15) is 5.69 Å². The SMILES string of the molecule is O=S(=O)(c1ccc(-c2ccccc2)cc1)N1CCn2c(cc3cc(F)ccc32)C1. The van der Waals surface area contributed by atoms with Crippen LogP contribution in [0.5, 0.6) is 0 Å². The lowest BCUT2D eigenvalue weighted by atomic mass is 10.1. The molecule has 0 amide bonds. The van der Waals surface area contributed by atoms with Crippen LogP contribution in [0.4, 0.5) is 4.39 Å². The van der Waals surface area contributed by atoms with Gasteiger partial charge in [-0.1, -0.05) is 42.5 Å². The molecule has 0 aliphatic carbocycles. The molecule has 4 aromatic rings. The van der Waals surface area contributed by atoms with Crippen molar-refractivity contribution in [2.45, 2.75) is 18.0 Å². The van der Waals surface area contributed by atoms with E-state index in [1.165, 1.54) is 16.4 Å². The van der Waals surface area contributed by atoms with Gasteiger partial charge in [-0.2, -0.15) is 4.31 Å². The van der Waals surface area contributed by atoms with Crippen molar-refractivity contribution in [1.82, 2.24) is 8.87 Å². The topological polar surface area (TPSA) is 42.3 Å². The van der Waals surface area contributed by atoms with Crippen LogP contribution in [0.3, 0.4) is 0 Å². The summed E-state index contributed by atoms with van der Waals surface area (Å²) in [6, 6.07) is 23.4. The molecule has 3 aromatic carbocycles. The second-order valence-electron chi connectivity index (χ2n) is 7.22. The van der Waals surface area contributed by atoms with E-state index >= 15 is 0 Å². The van der Waals surface area contributed by atoms with Crippen molar-refractivity contribution in [1.29, 1.82) is 0 Å². The highest BCUT2D eigenvalue weighted by atomic mass is 32.2. The van der Waals surface area contributed by atoms with Crippen molar-refractivity contribution in [3.05, 3.63) is 90.4 Å². The number of nitrogens with zero attached hydrogens (tertiary/aromatic N) is 2. The first-order valence-corrected chi connectivity index (χ1v) is 10.9. The number of aromatic nitrogens is 1. The first kappa shape index (κ1) is 18.1.